The van der Waals surface area contributed by atoms with E-state index in [4.69, 9.17) is 11.6 Å². The predicted octanol–water partition coefficient (Wildman–Crippen LogP) is 7.87. The fourth-order valence-corrected chi connectivity index (χ4v) is 4.41. The molecule has 2 heterocycles. The number of hydrogen-bond acceptors (Lipinski definition) is 2. The third kappa shape index (κ3) is 4.74. The van der Waals surface area contributed by atoms with Gasteiger partial charge in [0.05, 0.1) is 11.0 Å². The molecule has 0 saturated heterocycles. The van der Waals surface area contributed by atoms with E-state index in [1.54, 1.807) is 0 Å². The zero-order valence-electron chi connectivity index (χ0n) is 14.0. The highest BCUT2D eigenvalue weighted by Crippen LogP contribution is 2.24. The highest BCUT2D eigenvalue weighted by molar-refractivity contribution is 14.1. The lowest BCUT2D eigenvalue weighted by atomic mass is 10.1. The Kier molecular flexibility index (Phi) is 6.54. The van der Waals surface area contributed by atoms with Crippen LogP contribution in [0.3, 0.4) is 0 Å². The van der Waals surface area contributed by atoms with Gasteiger partial charge < -0.3 is 0 Å². The molecule has 0 radical (unpaired) electrons. The zero-order valence-corrected chi connectivity index (χ0v) is 20.1. The first-order valence-corrected chi connectivity index (χ1v) is 10.8. The van der Waals surface area contributed by atoms with Crippen molar-refractivity contribution >= 4 is 87.9 Å². The molecular formula is C20H14Br2ClIN2. The number of halogens is 4. The highest BCUT2D eigenvalue weighted by atomic mass is 127. The number of aromatic nitrogens is 2. The van der Waals surface area contributed by atoms with Gasteiger partial charge in [0.1, 0.15) is 8.85 Å². The lowest BCUT2D eigenvalue weighted by Gasteiger charge is -2.02. The van der Waals surface area contributed by atoms with Gasteiger partial charge in [0, 0.05) is 19.7 Å². The minimum atomic E-state index is 0.532. The van der Waals surface area contributed by atoms with Crippen LogP contribution < -0.4 is 0 Å². The van der Waals surface area contributed by atoms with Crippen molar-refractivity contribution in [2.24, 2.45) is 0 Å². The average molecular weight is 605 g/mol. The van der Waals surface area contributed by atoms with Crippen molar-refractivity contribution in [3.63, 3.8) is 0 Å². The second-order valence-electron chi connectivity index (χ2n) is 5.85. The van der Waals surface area contributed by atoms with Crippen molar-refractivity contribution < 1.29 is 0 Å². The molecule has 26 heavy (non-hydrogen) atoms. The van der Waals surface area contributed by atoms with Crippen molar-refractivity contribution in [2.45, 2.75) is 13.8 Å². The number of benzene rings is 2. The van der Waals surface area contributed by atoms with Gasteiger partial charge >= 0.3 is 0 Å². The largest absolute Gasteiger partial charge is 0.242 e. The highest BCUT2D eigenvalue weighted by Gasteiger charge is 2.01. The second kappa shape index (κ2) is 8.50. The first kappa shape index (κ1) is 20.0. The molecule has 0 aliphatic carbocycles. The molecule has 0 saturated carbocycles. The van der Waals surface area contributed by atoms with Crippen LogP contribution in [0.1, 0.15) is 11.1 Å². The number of rotatable bonds is 0. The van der Waals surface area contributed by atoms with E-state index in [1.807, 2.05) is 30.3 Å². The number of nitrogens with zero attached hydrogens (tertiary/aromatic N) is 2. The van der Waals surface area contributed by atoms with Crippen molar-refractivity contribution in [3.05, 3.63) is 77.5 Å². The summed E-state index contributed by atoms with van der Waals surface area (Å²) in [4.78, 5) is 8.69. The van der Waals surface area contributed by atoms with Crippen LogP contribution in [0, 0.1) is 17.5 Å². The van der Waals surface area contributed by atoms with Gasteiger partial charge in [-0.05, 0) is 96.1 Å². The summed E-state index contributed by atoms with van der Waals surface area (Å²) in [5.74, 6) is 0. The second-order valence-corrected chi connectivity index (χ2v) is 9.17. The number of hydrogen-bond donors (Lipinski definition) is 0. The van der Waals surface area contributed by atoms with E-state index in [9.17, 15) is 0 Å². The quantitative estimate of drug-likeness (QED) is 0.151. The summed E-state index contributed by atoms with van der Waals surface area (Å²) >= 11 is 14.9. The third-order valence-electron chi connectivity index (χ3n) is 3.89. The Hall–Kier alpha value is -0.760. The van der Waals surface area contributed by atoms with Gasteiger partial charge in [-0.3, -0.25) is 0 Å². The topological polar surface area (TPSA) is 25.8 Å². The summed E-state index contributed by atoms with van der Waals surface area (Å²) < 4.78 is 3.15. The maximum atomic E-state index is 5.80. The van der Waals surface area contributed by atoms with E-state index in [2.05, 4.69) is 96.5 Å². The van der Waals surface area contributed by atoms with E-state index in [1.165, 1.54) is 16.5 Å². The minimum absolute atomic E-state index is 0.532. The number of aryl methyl sites for hydroxylation is 2. The molecule has 6 heteroatoms. The van der Waals surface area contributed by atoms with Crippen LogP contribution in [0.25, 0.3) is 21.8 Å². The van der Waals surface area contributed by atoms with E-state index < -0.39 is 0 Å². The van der Waals surface area contributed by atoms with Gasteiger partial charge in [-0.2, -0.15) is 0 Å². The van der Waals surface area contributed by atoms with Crippen LogP contribution in [0.4, 0.5) is 0 Å². The Morgan fingerprint density at radius 1 is 0.769 bits per heavy atom. The molecular weight excluding hydrogens is 590 g/mol. The average Bonchev–Trinajstić information content (AvgIpc) is 2.54. The van der Waals surface area contributed by atoms with Crippen molar-refractivity contribution in [1.29, 1.82) is 0 Å². The van der Waals surface area contributed by atoms with Crippen LogP contribution in [0.2, 0.25) is 5.15 Å². The maximum absolute atomic E-state index is 5.80. The van der Waals surface area contributed by atoms with Crippen LogP contribution in [-0.2, 0) is 0 Å². The Bertz CT molecular complexity index is 1020. The van der Waals surface area contributed by atoms with Gasteiger partial charge in [0.25, 0.3) is 0 Å². The van der Waals surface area contributed by atoms with Gasteiger partial charge in [0.2, 0.25) is 0 Å². The van der Waals surface area contributed by atoms with E-state index in [0.29, 0.717) is 5.15 Å². The summed E-state index contributed by atoms with van der Waals surface area (Å²) in [6.07, 6.45) is 0. The molecule has 0 spiro atoms. The number of fused-ring (bicyclic) bond motifs is 2. The SMILES string of the molecule is Cc1cc(Br)cc2nc(Cl)ccc12.Cc1cc(Br)cc2nc(I)ccc12. The van der Waals surface area contributed by atoms with Crippen molar-refractivity contribution in [1.82, 2.24) is 9.97 Å². The first-order valence-electron chi connectivity index (χ1n) is 7.78. The zero-order chi connectivity index (χ0) is 18.8. The molecule has 2 nitrogen and oxygen atoms in total. The Morgan fingerprint density at radius 2 is 1.27 bits per heavy atom. The molecule has 132 valence electrons. The molecule has 0 N–H and O–H groups in total. The van der Waals surface area contributed by atoms with Gasteiger partial charge in [-0.25, -0.2) is 9.97 Å². The van der Waals surface area contributed by atoms with Crippen LogP contribution >= 0.6 is 66.1 Å². The first-order chi connectivity index (χ1) is 12.3. The molecule has 2 aromatic heterocycles. The molecule has 0 aliphatic rings. The van der Waals surface area contributed by atoms with Crippen molar-refractivity contribution in [3.8, 4) is 0 Å². The van der Waals surface area contributed by atoms with E-state index in [0.717, 1.165) is 29.1 Å². The molecule has 4 aromatic rings. The van der Waals surface area contributed by atoms with Gasteiger partial charge in [-0.15, -0.1) is 0 Å². The van der Waals surface area contributed by atoms with Gasteiger partial charge in [-0.1, -0.05) is 43.5 Å². The van der Waals surface area contributed by atoms with Crippen LogP contribution in [-0.4, -0.2) is 9.97 Å². The van der Waals surface area contributed by atoms with E-state index >= 15 is 0 Å². The fraction of sp³-hybridized carbons (Fsp3) is 0.100. The van der Waals surface area contributed by atoms with Gasteiger partial charge in [0.15, 0.2) is 0 Å². The monoisotopic (exact) mass is 602 g/mol. The standard InChI is InChI=1S/C10H7BrClN.C10H7BrIN/c2*1-6-4-7(11)5-9-8(6)2-3-10(12)13-9/h2*2-5H,1H3. The van der Waals surface area contributed by atoms with Crippen LogP contribution in [0.15, 0.2) is 57.5 Å². The molecule has 0 bridgehead atoms. The lowest BCUT2D eigenvalue weighted by Crippen LogP contribution is -1.85. The summed E-state index contributed by atoms with van der Waals surface area (Å²) in [5.41, 5.74) is 4.44. The maximum Gasteiger partial charge on any atom is 0.129 e. The predicted molar refractivity (Wildman–Crippen MR) is 126 cm³/mol. The molecule has 0 unspecified atom stereocenters. The summed E-state index contributed by atoms with van der Waals surface area (Å²) in [6, 6.07) is 16.1. The van der Waals surface area contributed by atoms with Crippen molar-refractivity contribution in [2.75, 3.05) is 0 Å². The summed E-state index contributed by atoms with van der Waals surface area (Å²) in [5, 5.41) is 2.90. The normalized spacial score (nSPS) is 10.7. The molecule has 0 atom stereocenters. The molecule has 2 aromatic carbocycles. The third-order valence-corrected chi connectivity index (χ3v) is 5.62. The number of pyridine rings is 2. The smallest absolute Gasteiger partial charge is 0.129 e. The molecule has 0 aliphatic heterocycles. The summed E-state index contributed by atoms with van der Waals surface area (Å²) in [7, 11) is 0. The Balaban J connectivity index is 0.000000151. The molecule has 0 fully saturated rings. The molecule has 0 amide bonds. The van der Waals surface area contributed by atoms with E-state index in [-0.39, 0.29) is 0 Å². The fourth-order valence-electron chi connectivity index (χ4n) is 2.70. The van der Waals surface area contributed by atoms with Crippen LogP contribution in [0.5, 0.6) is 0 Å². The lowest BCUT2D eigenvalue weighted by molar-refractivity contribution is 1.33. The summed E-state index contributed by atoms with van der Waals surface area (Å²) in [6.45, 7) is 4.16. The Labute approximate surface area is 187 Å². The Morgan fingerprint density at radius 3 is 1.85 bits per heavy atom. The minimum Gasteiger partial charge on any atom is -0.242 e. The molecule has 4 rings (SSSR count).